The lowest BCUT2D eigenvalue weighted by Gasteiger charge is -2.28. The molecule has 1 saturated carbocycles. The Bertz CT molecular complexity index is 357. The first-order valence-electron chi connectivity index (χ1n) is 6.98. The van der Waals surface area contributed by atoms with E-state index in [9.17, 15) is 14.7 Å². The average Bonchev–Trinajstić information content (AvgIpc) is 3.23. The number of carbonyl (C=O) groups excluding carboxylic acids is 2. The number of likely N-dealkylation sites (N-methyl/N-ethyl adjacent to an activating group) is 1. The molecule has 1 heterocycles. The molecule has 6 heteroatoms. The van der Waals surface area contributed by atoms with Gasteiger partial charge >= 0.3 is 0 Å². The molecule has 3 atom stereocenters. The molecule has 0 spiro atoms. The zero-order chi connectivity index (χ0) is 14.0. The molecule has 1 aliphatic heterocycles. The lowest BCUT2D eigenvalue weighted by atomic mass is 9.90. The highest BCUT2D eigenvalue weighted by molar-refractivity contribution is 5.82. The molecular weight excluding hydrogens is 246 g/mol. The number of amides is 2. The molecule has 108 valence electrons. The fourth-order valence-corrected chi connectivity index (χ4v) is 2.55. The molecule has 0 aromatic rings. The molecule has 0 radical (unpaired) electrons. The van der Waals surface area contributed by atoms with Crippen LogP contribution in [0.4, 0.5) is 0 Å². The highest BCUT2D eigenvalue weighted by Crippen LogP contribution is 2.26. The van der Waals surface area contributed by atoms with Crippen molar-refractivity contribution in [3.05, 3.63) is 0 Å². The monoisotopic (exact) mass is 269 g/mol. The Labute approximate surface area is 113 Å². The third-order valence-electron chi connectivity index (χ3n) is 4.06. The van der Waals surface area contributed by atoms with E-state index in [-0.39, 0.29) is 23.8 Å². The molecule has 2 fully saturated rings. The molecule has 19 heavy (non-hydrogen) atoms. The first-order chi connectivity index (χ1) is 9.00. The maximum atomic E-state index is 12.0. The van der Waals surface area contributed by atoms with Crippen molar-refractivity contribution in [2.24, 2.45) is 11.7 Å². The van der Waals surface area contributed by atoms with Gasteiger partial charge in [-0.05, 0) is 32.1 Å². The van der Waals surface area contributed by atoms with Crippen LogP contribution in [0.5, 0.6) is 0 Å². The Morgan fingerprint density at radius 2 is 2.21 bits per heavy atom. The maximum absolute atomic E-state index is 12.0. The quantitative estimate of drug-likeness (QED) is 0.609. The van der Waals surface area contributed by atoms with E-state index in [1.807, 2.05) is 0 Å². The highest BCUT2D eigenvalue weighted by atomic mass is 16.3. The molecule has 2 rings (SSSR count). The molecule has 0 bridgehead atoms. The van der Waals surface area contributed by atoms with Gasteiger partial charge in [-0.2, -0.15) is 0 Å². The first kappa shape index (κ1) is 14.3. The third kappa shape index (κ3) is 3.45. The van der Waals surface area contributed by atoms with Crippen LogP contribution in [-0.2, 0) is 9.59 Å². The normalized spacial score (nSPS) is 26.5. The maximum Gasteiger partial charge on any atom is 0.253 e. The highest BCUT2D eigenvalue weighted by Gasteiger charge is 2.36. The zero-order valence-electron chi connectivity index (χ0n) is 11.3. The van der Waals surface area contributed by atoms with Crippen molar-refractivity contribution >= 4 is 11.8 Å². The minimum absolute atomic E-state index is 0.0168. The van der Waals surface area contributed by atoms with Crippen molar-refractivity contribution < 1.29 is 14.7 Å². The molecule has 1 unspecified atom stereocenters. The van der Waals surface area contributed by atoms with Crippen molar-refractivity contribution in [2.75, 3.05) is 13.6 Å². The number of nitrogens with zero attached hydrogens (tertiary/aromatic N) is 1. The van der Waals surface area contributed by atoms with Crippen molar-refractivity contribution in [1.82, 2.24) is 10.2 Å². The summed E-state index contributed by atoms with van der Waals surface area (Å²) >= 11 is 0. The molecular formula is C13H23N3O3. The van der Waals surface area contributed by atoms with Crippen LogP contribution >= 0.6 is 0 Å². The number of piperidine rings is 1. The van der Waals surface area contributed by atoms with Gasteiger partial charge in [-0.1, -0.05) is 0 Å². The van der Waals surface area contributed by atoms with E-state index >= 15 is 0 Å². The fraction of sp³-hybridized carbons (Fsp3) is 0.846. The van der Waals surface area contributed by atoms with Crippen molar-refractivity contribution in [3.8, 4) is 0 Å². The number of hydrogen-bond acceptors (Lipinski definition) is 4. The van der Waals surface area contributed by atoms with E-state index < -0.39 is 12.1 Å². The number of carbonyl (C=O) groups is 2. The summed E-state index contributed by atoms with van der Waals surface area (Å²) in [4.78, 5) is 25.2. The summed E-state index contributed by atoms with van der Waals surface area (Å²) < 4.78 is 0. The molecule has 4 N–H and O–H groups in total. The summed E-state index contributed by atoms with van der Waals surface area (Å²) in [6.45, 7) is 0.705. The van der Waals surface area contributed by atoms with Crippen molar-refractivity contribution in [2.45, 2.75) is 50.3 Å². The van der Waals surface area contributed by atoms with E-state index in [0.717, 1.165) is 25.7 Å². The largest absolute Gasteiger partial charge is 0.382 e. The van der Waals surface area contributed by atoms with Gasteiger partial charge in [0.25, 0.3) is 5.91 Å². The second kappa shape index (κ2) is 5.88. The SMILES string of the molecule is CN(C(=O)C(O)[C@@H](N)C[C@@H]1CCCNC1=O)C1CC1. The van der Waals surface area contributed by atoms with Crippen LogP contribution < -0.4 is 11.1 Å². The van der Waals surface area contributed by atoms with E-state index in [2.05, 4.69) is 5.32 Å². The van der Waals surface area contributed by atoms with E-state index in [0.29, 0.717) is 13.0 Å². The molecule has 6 nitrogen and oxygen atoms in total. The summed E-state index contributed by atoms with van der Waals surface area (Å²) in [6, 6.07) is -0.421. The Morgan fingerprint density at radius 3 is 2.79 bits per heavy atom. The predicted octanol–water partition coefficient (Wildman–Crippen LogP) is -0.788. The van der Waals surface area contributed by atoms with Crippen LogP contribution in [0, 0.1) is 5.92 Å². The fourth-order valence-electron chi connectivity index (χ4n) is 2.55. The molecule has 0 aromatic heterocycles. The standard InChI is InChI=1S/C13H23N3O3/c1-16(9-4-5-9)13(19)11(17)10(14)7-8-3-2-6-15-12(8)18/h8-11,17H,2-7,14H2,1H3,(H,15,18)/t8-,10-,11?/m0/s1. The van der Waals surface area contributed by atoms with Gasteiger partial charge in [0.15, 0.2) is 0 Å². The average molecular weight is 269 g/mol. The van der Waals surface area contributed by atoms with Crippen LogP contribution in [0.1, 0.15) is 32.1 Å². The van der Waals surface area contributed by atoms with Gasteiger partial charge in [0.2, 0.25) is 5.91 Å². The van der Waals surface area contributed by atoms with Crippen LogP contribution in [-0.4, -0.2) is 53.6 Å². The van der Waals surface area contributed by atoms with Crippen LogP contribution in [0.15, 0.2) is 0 Å². The third-order valence-corrected chi connectivity index (χ3v) is 4.06. The van der Waals surface area contributed by atoms with Gasteiger partial charge in [-0.3, -0.25) is 9.59 Å². The lowest BCUT2D eigenvalue weighted by Crippen LogP contribution is -2.50. The lowest BCUT2D eigenvalue weighted by molar-refractivity contribution is -0.141. The van der Waals surface area contributed by atoms with Crippen molar-refractivity contribution in [3.63, 3.8) is 0 Å². The summed E-state index contributed by atoms with van der Waals surface area (Å²) in [6.07, 6.45) is 2.84. The number of nitrogens with two attached hydrogens (primary N) is 1. The first-order valence-corrected chi connectivity index (χ1v) is 6.98. The summed E-state index contributed by atoms with van der Waals surface area (Å²) in [5, 5.41) is 12.8. The van der Waals surface area contributed by atoms with Crippen molar-refractivity contribution in [1.29, 1.82) is 0 Å². The molecule has 2 amide bonds. The van der Waals surface area contributed by atoms with Crippen LogP contribution in [0.3, 0.4) is 0 Å². The van der Waals surface area contributed by atoms with Gasteiger partial charge < -0.3 is 21.1 Å². The number of aliphatic hydroxyl groups is 1. The van der Waals surface area contributed by atoms with E-state index in [1.54, 1.807) is 11.9 Å². The second-order valence-corrected chi connectivity index (χ2v) is 5.65. The Morgan fingerprint density at radius 1 is 1.53 bits per heavy atom. The molecule has 2 aliphatic rings. The Balaban J connectivity index is 1.85. The molecule has 1 saturated heterocycles. The Kier molecular flexibility index (Phi) is 4.42. The zero-order valence-corrected chi connectivity index (χ0v) is 11.3. The number of hydrogen-bond donors (Lipinski definition) is 3. The van der Waals surface area contributed by atoms with Gasteiger partial charge in [0.1, 0.15) is 6.10 Å². The number of aliphatic hydroxyl groups excluding tert-OH is 1. The summed E-state index contributed by atoms with van der Waals surface area (Å²) in [7, 11) is 1.70. The minimum Gasteiger partial charge on any atom is -0.382 e. The van der Waals surface area contributed by atoms with Gasteiger partial charge in [-0.25, -0.2) is 0 Å². The summed E-state index contributed by atoms with van der Waals surface area (Å²) in [5.41, 5.74) is 5.89. The van der Waals surface area contributed by atoms with Gasteiger partial charge in [-0.15, -0.1) is 0 Å². The van der Waals surface area contributed by atoms with Gasteiger partial charge in [0.05, 0.1) is 0 Å². The topological polar surface area (TPSA) is 95.7 Å². The smallest absolute Gasteiger partial charge is 0.253 e. The van der Waals surface area contributed by atoms with Gasteiger partial charge in [0, 0.05) is 31.6 Å². The second-order valence-electron chi connectivity index (χ2n) is 5.65. The number of rotatable bonds is 5. The molecule has 0 aromatic carbocycles. The van der Waals surface area contributed by atoms with E-state index in [1.165, 1.54) is 0 Å². The predicted molar refractivity (Wildman–Crippen MR) is 70.1 cm³/mol. The molecule has 1 aliphatic carbocycles. The van der Waals surface area contributed by atoms with Crippen LogP contribution in [0.2, 0.25) is 0 Å². The Hall–Kier alpha value is -1.14. The number of nitrogens with one attached hydrogen (secondary N) is 1. The minimum atomic E-state index is -1.21. The van der Waals surface area contributed by atoms with E-state index in [4.69, 9.17) is 5.73 Å². The summed E-state index contributed by atoms with van der Waals surface area (Å²) in [5.74, 6) is -0.527. The van der Waals surface area contributed by atoms with Crippen LogP contribution in [0.25, 0.3) is 0 Å².